The minimum Gasteiger partial charge on any atom is -0.355 e. The molecule has 116 valence electrons. The van der Waals surface area contributed by atoms with Gasteiger partial charge in [-0.1, -0.05) is 18.0 Å². The zero-order chi connectivity index (χ0) is 14.7. The molecule has 0 radical (unpaired) electrons. The quantitative estimate of drug-likeness (QED) is 0.858. The summed E-state index contributed by atoms with van der Waals surface area (Å²) in [5.41, 5.74) is 0. The Bertz CT molecular complexity index is 467. The predicted octanol–water partition coefficient (Wildman–Crippen LogP) is 3.22. The van der Waals surface area contributed by atoms with Crippen molar-refractivity contribution >= 4 is 17.4 Å². The van der Waals surface area contributed by atoms with E-state index in [9.17, 15) is 0 Å². The Morgan fingerprint density at radius 1 is 1.24 bits per heavy atom. The molecule has 0 aromatic carbocycles. The van der Waals surface area contributed by atoms with Gasteiger partial charge in [-0.2, -0.15) is 0 Å². The van der Waals surface area contributed by atoms with Crippen molar-refractivity contribution in [3.63, 3.8) is 0 Å². The summed E-state index contributed by atoms with van der Waals surface area (Å²) < 4.78 is 0. The molecule has 5 heteroatoms. The van der Waals surface area contributed by atoms with E-state index in [1.54, 1.807) is 12.5 Å². The molecule has 0 spiro atoms. The van der Waals surface area contributed by atoms with Gasteiger partial charge in [0.05, 0.1) is 6.20 Å². The number of halogens is 1. The standard InChI is InChI=1S/C16H25ClN4/c1-13-5-2-3-7-20(13)10-14-6-4-8-21(11-14)16-15(17)9-18-12-19-16/h9,12-14H,2-8,10-11H2,1H3. The molecule has 2 atom stereocenters. The molecule has 0 aliphatic carbocycles. The number of rotatable bonds is 3. The lowest BCUT2D eigenvalue weighted by Gasteiger charge is -2.40. The molecule has 1 aromatic rings. The van der Waals surface area contributed by atoms with Crippen molar-refractivity contribution in [2.24, 2.45) is 5.92 Å². The van der Waals surface area contributed by atoms with Gasteiger partial charge in [-0.15, -0.1) is 0 Å². The maximum atomic E-state index is 6.24. The van der Waals surface area contributed by atoms with Crippen LogP contribution < -0.4 is 4.90 Å². The average Bonchev–Trinajstić information content (AvgIpc) is 2.50. The highest BCUT2D eigenvalue weighted by molar-refractivity contribution is 6.32. The third-order valence-corrected chi connectivity index (χ3v) is 5.17. The van der Waals surface area contributed by atoms with E-state index in [2.05, 4.69) is 26.7 Å². The molecule has 3 rings (SSSR count). The molecule has 21 heavy (non-hydrogen) atoms. The zero-order valence-electron chi connectivity index (χ0n) is 12.8. The van der Waals surface area contributed by atoms with Gasteiger partial charge in [-0.05, 0) is 45.1 Å². The molecule has 2 fully saturated rings. The van der Waals surface area contributed by atoms with Crippen LogP contribution in [0, 0.1) is 5.92 Å². The number of hydrogen-bond donors (Lipinski definition) is 0. The Kier molecular flexibility index (Phi) is 4.96. The molecule has 3 heterocycles. The second kappa shape index (κ2) is 6.93. The molecule has 0 bridgehead atoms. The summed E-state index contributed by atoms with van der Waals surface area (Å²) in [6, 6.07) is 0.747. The smallest absolute Gasteiger partial charge is 0.150 e. The van der Waals surface area contributed by atoms with Crippen LogP contribution in [0.2, 0.25) is 5.02 Å². The normalized spacial score (nSPS) is 27.8. The number of likely N-dealkylation sites (tertiary alicyclic amines) is 1. The maximum Gasteiger partial charge on any atom is 0.150 e. The summed E-state index contributed by atoms with van der Waals surface area (Å²) in [6.45, 7) is 7.00. The van der Waals surface area contributed by atoms with Crippen LogP contribution >= 0.6 is 11.6 Å². The van der Waals surface area contributed by atoms with Crippen molar-refractivity contribution in [1.29, 1.82) is 0 Å². The van der Waals surface area contributed by atoms with Gasteiger partial charge in [-0.3, -0.25) is 0 Å². The zero-order valence-corrected chi connectivity index (χ0v) is 13.6. The number of aromatic nitrogens is 2. The second-order valence-electron chi connectivity index (χ2n) is 6.49. The third-order valence-electron chi connectivity index (χ3n) is 4.90. The summed E-state index contributed by atoms with van der Waals surface area (Å²) >= 11 is 6.24. The Morgan fingerprint density at radius 2 is 2.14 bits per heavy atom. The van der Waals surface area contributed by atoms with Gasteiger partial charge in [0.2, 0.25) is 0 Å². The van der Waals surface area contributed by atoms with Gasteiger partial charge in [0.15, 0.2) is 5.82 Å². The molecular formula is C16H25ClN4. The minimum absolute atomic E-state index is 0.671. The largest absolute Gasteiger partial charge is 0.355 e. The van der Waals surface area contributed by atoms with Gasteiger partial charge in [-0.25, -0.2) is 9.97 Å². The highest BCUT2D eigenvalue weighted by Crippen LogP contribution is 2.28. The van der Waals surface area contributed by atoms with Crippen molar-refractivity contribution < 1.29 is 0 Å². The minimum atomic E-state index is 0.671. The predicted molar refractivity (Wildman–Crippen MR) is 86.9 cm³/mol. The number of nitrogens with zero attached hydrogens (tertiary/aromatic N) is 4. The molecule has 2 aliphatic heterocycles. The van der Waals surface area contributed by atoms with Gasteiger partial charge in [0, 0.05) is 25.7 Å². The van der Waals surface area contributed by atoms with Crippen LogP contribution in [0.25, 0.3) is 0 Å². The fraction of sp³-hybridized carbons (Fsp3) is 0.750. The first-order chi connectivity index (χ1) is 10.2. The van der Waals surface area contributed by atoms with Crippen molar-refractivity contribution in [2.75, 3.05) is 31.1 Å². The van der Waals surface area contributed by atoms with Crippen LogP contribution in [0.4, 0.5) is 5.82 Å². The molecular weight excluding hydrogens is 284 g/mol. The fourth-order valence-electron chi connectivity index (χ4n) is 3.71. The molecule has 0 amide bonds. The highest BCUT2D eigenvalue weighted by atomic mass is 35.5. The van der Waals surface area contributed by atoms with Gasteiger partial charge < -0.3 is 9.80 Å². The lowest BCUT2D eigenvalue weighted by molar-refractivity contribution is 0.130. The molecule has 4 nitrogen and oxygen atoms in total. The summed E-state index contributed by atoms with van der Waals surface area (Å²) in [6.07, 6.45) is 9.95. The lowest BCUT2D eigenvalue weighted by Crippen LogP contribution is -2.45. The Morgan fingerprint density at radius 3 is 2.95 bits per heavy atom. The topological polar surface area (TPSA) is 32.3 Å². The van der Waals surface area contributed by atoms with E-state index >= 15 is 0 Å². The SMILES string of the molecule is CC1CCCCN1CC1CCCN(c2ncncc2Cl)C1. The van der Waals surface area contributed by atoms with E-state index in [-0.39, 0.29) is 0 Å². The van der Waals surface area contributed by atoms with E-state index in [0.29, 0.717) is 5.02 Å². The van der Waals surface area contributed by atoms with Gasteiger partial charge in [0.1, 0.15) is 11.3 Å². The van der Waals surface area contributed by atoms with Crippen LogP contribution in [0.5, 0.6) is 0 Å². The van der Waals surface area contributed by atoms with E-state index in [0.717, 1.165) is 30.9 Å². The Balaban J connectivity index is 1.62. The molecule has 2 aliphatic rings. The fourth-order valence-corrected chi connectivity index (χ4v) is 3.93. The first kappa shape index (κ1) is 15.0. The van der Waals surface area contributed by atoms with Crippen molar-refractivity contribution in [3.8, 4) is 0 Å². The number of hydrogen-bond acceptors (Lipinski definition) is 4. The summed E-state index contributed by atoms with van der Waals surface area (Å²) in [7, 11) is 0. The van der Waals surface area contributed by atoms with Crippen molar-refractivity contribution in [1.82, 2.24) is 14.9 Å². The van der Waals surface area contributed by atoms with E-state index in [4.69, 9.17) is 11.6 Å². The summed E-state index contributed by atoms with van der Waals surface area (Å²) in [5, 5.41) is 0.671. The highest BCUT2D eigenvalue weighted by Gasteiger charge is 2.26. The van der Waals surface area contributed by atoms with Crippen LogP contribution in [0.1, 0.15) is 39.0 Å². The molecule has 2 saturated heterocycles. The van der Waals surface area contributed by atoms with Crippen molar-refractivity contribution in [3.05, 3.63) is 17.5 Å². The maximum absolute atomic E-state index is 6.24. The van der Waals surface area contributed by atoms with E-state index in [1.165, 1.54) is 45.2 Å². The van der Waals surface area contributed by atoms with Crippen LogP contribution in [0.3, 0.4) is 0 Å². The third kappa shape index (κ3) is 3.67. The molecule has 0 N–H and O–H groups in total. The lowest BCUT2D eigenvalue weighted by atomic mass is 9.95. The Labute approximate surface area is 132 Å². The van der Waals surface area contributed by atoms with Crippen LogP contribution in [-0.2, 0) is 0 Å². The first-order valence-corrected chi connectivity index (χ1v) is 8.56. The average molecular weight is 309 g/mol. The molecule has 1 aromatic heterocycles. The van der Waals surface area contributed by atoms with Crippen LogP contribution in [-0.4, -0.2) is 47.1 Å². The number of anilines is 1. The number of piperidine rings is 2. The second-order valence-corrected chi connectivity index (χ2v) is 6.90. The summed E-state index contributed by atoms with van der Waals surface area (Å²) in [5.74, 6) is 1.63. The van der Waals surface area contributed by atoms with Crippen molar-refractivity contribution in [2.45, 2.75) is 45.1 Å². The van der Waals surface area contributed by atoms with E-state index < -0.39 is 0 Å². The van der Waals surface area contributed by atoms with Gasteiger partial charge >= 0.3 is 0 Å². The van der Waals surface area contributed by atoms with Crippen LogP contribution in [0.15, 0.2) is 12.5 Å². The van der Waals surface area contributed by atoms with Gasteiger partial charge in [0.25, 0.3) is 0 Å². The Hall–Kier alpha value is -0.870. The monoisotopic (exact) mass is 308 g/mol. The molecule has 2 unspecified atom stereocenters. The summed E-state index contributed by atoms with van der Waals surface area (Å²) in [4.78, 5) is 13.4. The molecule has 0 saturated carbocycles. The first-order valence-electron chi connectivity index (χ1n) is 8.18. The van der Waals surface area contributed by atoms with E-state index in [1.807, 2.05) is 0 Å².